The van der Waals surface area contributed by atoms with Gasteiger partial charge >= 0.3 is 0 Å². The summed E-state index contributed by atoms with van der Waals surface area (Å²) in [5.74, 6) is 0. The molecule has 0 saturated heterocycles. The van der Waals surface area contributed by atoms with Crippen LogP contribution < -0.4 is 0 Å². The minimum absolute atomic E-state index is 0.0395. The molecule has 2 rings (SSSR count). The second-order valence-electron chi connectivity index (χ2n) is 7.07. The van der Waals surface area contributed by atoms with Gasteiger partial charge in [-0.1, -0.05) is 46.8 Å². The van der Waals surface area contributed by atoms with Crippen molar-refractivity contribution >= 4 is 0 Å². The van der Waals surface area contributed by atoms with E-state index in [2.05, 4.69) is 63.9 Å². The summed E-state index contributed by atoms with van der Waals surface area (Å²) in [6.45, 7) is 11.1. The van der Waals surface area contributed by atoms with Gasteiger partial charge in [0.2, 0.25) is 0 Å². The Morgan fingerprint density at radius 3 is 2.30 bits per heavy atom. The van der Waals surface area contributed by atoms with Crippen molar-refractivity contribution in [3.63, 3.8) is 0 Å². The molecule has 106 valence electrons. The maximum absolute atomic E-state index is 4.83. The van der Waals surface area contributed by atoms with Gasteiger partial charge in [0.1, 0.15) is 0 Å². The van der Waals surface area contributed by atoms with Gasteiger partial charge in [-0.3, -0.25) is 9.97 Å². The van der Waals surface area contributed by atoms with Gasteiger partial charge in [-0.2, -0.15) is 0 Å². The highest BCUT2D eigenvalue weighted by molar-refractivity contribution is 5.24. The van der Waals surface area contributed by atoms with Crippen LogP contribution in [-0.2, 0) is 17.3 Å². The van der Waals surface area contributed by atoms with Crippen molar-refractivity contribution in [3.05, 3.63) is 59.7 Å². The fraction of sp³-hybridized carbons (Fsp3) is 0.444. The number of pyridine rings is 2. The van der Waals surface area contributed by atoms with E-state index in [0.717, 1.165) is 17.8 Å². The molecule has 0 aliphatic carbocycles. The van der Waals surface area contributed by atoms with Crippen LogP contribution in [0.4, 0.5) is 0 Å². The number of aromatic nitrogens is 2. The summed E-state index contributed by atoms with van der Waals surface area (Å²) in [7, 11) is 0. The molecule has 0 aliphatic heterocycles. The molecule has 0 spiro atoms. The predicted molar refractivity (Wildman–Crippen MR) is 83.9 cm³/mol. The van der Waals surface area contributed by atoms with Gasteiger partial charge < -0.3 is 0 Å². The molecule has 0 saturated carbocycles. The summed E-state index contributed by atoms with van der Waals surface area (Å²) in [6.07, 6.45) is 4.69. The maximum atomic E-state index is 4.83. The molecule has 2 aromatic heterocycles. The summed E-state index contributed by atoms with van der Waals surface area (Å²) in [6, 6.07) is 10.5. The van der Waals surface area contributed by atoms with E-state index in [0.29, 0.717) is 0 Å². The number of nitrogens with zero attached hydrogens (tertiary/aromatic N) is 2. The molecule has 2 aromatic rings. The first-order valence-corrected chi connectivity index (χ1v) is 7.16. The average Bonchev–Trinajstić information content (AvgIpc) is 2.38. The fourth-order valence-electron chi connectivity index (χ4n) is 2.31. The predicted octanol–water partition coefficient (Wildman–Crippen LogP) is 4.29. The summed E-state index contributed by atoms with van der Waals surface area (Å²) < 4.78 is 0. The minimum Gasteiger partial charge on any atom is -0.264 e. The molecular formula is C18H24N2. The van der Waals surface area contributed by atoms with Crippen molar-refractivity contribution in [2.45, 2.75) is 51.9 Å². The van der Waals surface area contributed by atoms with Crippen molar-refractivity contribution in [1.29, 1.82) is 0 Å². The van der Waals surface area contributed by atoms with Crippen molar-refractivity contribution in [3.8, 4) is 0 Å². The lowest BCUT2D eigenvalue weighted by Gasteiger charge is -2.25. The van der Waals surface area contributed by atoms with Crippen LogP contribution in [0.5, 0.6) is 0 Å². The SMILES string of the molecule is CC(C)(C)c1cccc(CC(C)(C)c2cccnc2)n1. The van der Waals surface area contributed by atoms with Gasteiger partial charge in [-0.05, 0) is 35.6 Å². The third-order valence-electron chi connectivity index (χ3n) is 3.64. The standard InChI is InChI=1S/C18H24N2/c1-17(2,3)16-10-6-9-15(20-16)12-18(4,5)14-8-7-11-19-13-14/h6-11,13H,12H2,1-5H3. The first-order valence-electron chi connectivity index (χ1n) is 7.16. The molecule has 2 nitrogen and oxygen atoms in total. The zero-order valence-corrected chi connectivity index (χ0v) is 13.1. The summed E-state index contributed by atoms with van der Waals surface area (Å²) in [5, 5.41) is 0. The Hall–Kier alpha value is -1.70. The zero-order chi connectivity index (χ0) is 14.8. The molecule has 0 atom stereocenters. The molecule has 0 N–H and O–H groups in total. The first kappa shape index (κ1) is 14.7. The van der Waals surface area contributed by atoms with Crippen LogP contribution in [-0.4, -0.2) is 9.97 Å². The number of rotatable bonds is 3. The number of hydrogen-bond acceptors (Lipinski definition) is 2. The van der Waals surface area contributed by atoms with Crippen LogP contribution in [0.1, 0.15) is 51.6 Å². The van der Waals surface area contributed by atoms with Gasteiger partial charge in [-0.15, -0.1) is 0 Å². The van der Waals surface area contributed by atoms with E-state index in [9.17, 15) is 0 Å². The first-order chi connectivity index (χ1) is 9.29. The van der Waals surface area contributed by atoms with Gasteiger partial charge in [0, 0.05) is 29.2 Å². The smallest absolute Gasteiger partial charge is 0.0460 e. The molecular weight excluding hydrogens is 244 g/mol. The Balaban J connectivity index is 2.26. The third kappa shape index (κ3) is 3.44. The Labute approximate surface area is 122 Å². The second kappa shape index (κ2) is 5.35. The van der Waals surface area contributed by atoms with Crippen LogP contribution >= 0.6 is 0 Å². The fourth-order valence-corrected chi connectivity index (χ4v) is 2.31. The third-order valence-corrected chi connectivity index (χ3v) is 3.64. The van der Waals surface area contributed by atoms with Crippen LogP contribution in [0.25, 0.3) is 0 Å². The summed E-state index contributed by atoms with van der Waals surface area (Å²) >= 11 is 0. The summed E-state index contributed by atoms with van der Waals surface area (Å²) in [4.78, 5) is 9.06. The molecule has 0 aromatic carbocycles. The Morgan fingerprint density at radius 2 is 1.70 bits per heavy atom. The zero-order valence-electron chi connectivity index (χ0n) is 13.1. The van der Waals surface area contributed by atoms with E-state index < -0.39 is 0 Å². The second-order valence-corrected chi connectivity index (χ2v) is 7.07. The lowest BCUT2D eigenvalue weighted by molar-refractivity contribution is 0.505. The molecule has 0 bridgehead atoms. The maximum Gasteiger partial charge on any atom is 0.0460 e. The van der Waals surface area contributed by atoms with Crippen molar-refractivity contribution in [1.82, 2.24) is 9.97 Å². The largest absolute Gasteiger partial charge is 0.264 e. The Morgan fingerprint density at radius 1 is 0.950 bits per heavy atom. The van der Waals surface area contributed by atoms with Gasteiger partial charge in [0.05, 0.1) is 0 Å². The molecule has 0 fully saturated rings. The van der Waals surface area contributed by atoms with Crippen LogP contribution in [0.3, 0.4) is 0 Å². The van der Waals surface area contributed by atoms with E-state index in [1.54, 1.807) is 0 Å². The minimum atomic E-state index is 0.0395. The Bertz CT molecular complexity index is 565. The quantitative estimate of drug-likeness (QED) is 0.829. The van der Waals surface area contributed by atoms with Crippen LogP contribution in [0, 0.1) is 0 Å². The van der Waals surface area contributed by atoms with Crippen LogP contribution in [0.2, 0.25) is 0 Å². The van der Waals surface area contributed by atoms with E-state index in [4.69, 9.17) is 4.98 Å². The normalized spacial score (nSPS) is 12.4. The van der Waals surface area contributed by atoms with Gasteiger partial charge in [-0.25, -0.2) is 0 Å². The molecule has 0 amide bonds. The molecule has 0 radical (unpaired) electrons. The van der Waals surface area contributed by atoms with E-state index in [-0.39, 0.29) is 10.8 Å². The average molecular weight is 268 g/mol. The highest BCUT2D eigenvalue weighted by Gasteiger charge is 2.23. The van der Waals surface area contributed by atoms with E-state index >= 15 is 0 Å². The van der Waals surface area contributed by atoms with E-state index in [1.165, 1.54) is 5.56 Å². The molecule has 0 unspecified atom stereocenters. The molecule has 2 heteroatoms. The monoisotopic (exact) mass is 268 g/mol. The topological polar surface area (TPSA) is 25.8 Å². The molecule has 20 heavy (non-hydrogen) atoms. The van der Waals surface area contributed by atoms with Crippen molar-refractivity contribution < 1.29 is 0 Å². The van der Waals surface area contributed by atoms with E-state index in [1.807, 2.05) is 18.5 Å². The molecule has 2 heterocycles. The Kier molecular flexibility index (Phi) is 3.94. The van der Waals surface area contributed by atoms with Crippen molar-refractivity contribution in [2.75, 3.05) is 0 Å². The highest BCUT2D eigenvalue weighted by atomic mass is 14.7. The lowest BCUT2D eigenvalue weighted by atomic mass is 9.81. The summed E-state index contributed by atoms with van der Waals surface area (Å²) in [5.41, 5.74) is 3.68. The van der Waals surface area contributed by atoms with Gasteiger partial charge in [0.15, 0.2) is 0 Å². The van der Waals surface area contributed by atoms with Crippen LogP contribution in [0.15, 0.2) is 42.7 Å². The van der Waals surface area contributed by atoms with Gasteiger partial charge in [0.25, 0.3) is 0 Å². The molecule has 0 aliphatic rings. The van der Waals surface area contributed by atoms with Crippen molar-refractivity contribution in [2.24, 2.45) is 0 Å². The number of hydrogen-bond donors (Lipinski definition) is 0. The highest BCUT2D eigenvalue weighted by Crippen LogP contribution is 2.27. The lowest BCUT2D eigenvalue weighted by Crippen LogP contribution is -2.22.